The van der Waals surface area contributed by atoms with Crippen LogP contribution in [0.25, 0.3) is 0 Å². The quantitative estimate of drug-likeness (QED) is 0.449. The van der Waals surface area contributed by atoms with Crippen molar-refractivity contribution in [1.29, 1.82) is 0 Å². The molecule has 0 aliphatic heterocycles. The van der Waals surface area contributed by atoms with Gasteiger partial charge in [-0.15, -0.1) is 0 Å². The van der Waals surface area contributed by atoms with Crippen LogP contribution in [0.4, 0.5) is 0 Å². The van der Waals surface area contributed by atoms with E-state index in [-0.39, 0.29) is 0 Å². The zero-order chi connectivity index (χ0) is 12.2. The van der Waals surface area contributed by atoms with E-state index in [1.54, 1.807) is 18.2 Å². The summed E-state index contributed by atoms with van der Waals surface area (Å²) in [5.74, 6) is 1.43. The number of hydrogen-bond donors (Lipinski definition) is 0. The van der Waals surface area contributed by atoms with E-state index in [0.717, 1.165) is 5.76 Å². The van der Waals surface area contributed by atoms with Gasteiger partial charge in [0.25, 0.3) is 0 Å². The monoisotopic (exact) mass is 214 g/mol. The Bertz CT molecular complexity index is 352. The first-order chi connectivity index (χ1) is 7.78. The van der Waals surface area contributed by atoms with Gasteiger partial charge in [-0.3, -0.25) is 0 Å². The lowest BCUT2D eigenvalue weighted by Crippen LogP contribution is -1.87. The molecule has 0 fully saturated rings. The molecule has 84 valence electrons. The summed E-state index contributed by atoms with van der Waals surface area (Å²) < 4.78 is 5.58. The zero-order valence-electron chi connectivity index (χ0n) is 9.73. The molecule has 0 aromatic heterocycles. The molecule has 0 heterocycles. The fourth-order valence-electron chi connectivity index (χ4n) is 0.861. The largest absolute Gasteiger partial charge is 0.458 e. The van der Waals surface area contributed by atoms with Gasteiger partial charge in [0.05, 0.1) is 0 Å². The maximum Gasteiger partial charge on any atom is 0.126 e. The van der Waals surface area contributed by atoms with E-state index in [1.807, 2.05) is 43.4 Å². The zero-order valence-corrected chi connectivity index (χ0v) is 9.73. The number of hydrogen-bond acceptors (Lipinski definition) is 1. The summed E-state index contributed by atoms with van der Waals surface area (Å²) in [6.45, 7) is 12.8. The van der Waals surface area contributed by atoms with Gasteiger partial charge in [-0.1, -0.05) is 50.1 Å². The van der Waals surface area contributed by atoms with Crippen LogP contribution in [0, 0.1) is 0 Å². The average Bonchev–Trinajstić information content (AvgIpc) is 2.32. The van der Waals surface area contributed by atoms with Gasteiger partial charge in [-0.25, -0.2) is 0 Å². The van der Waals surface area contributed by atoms with Crippen LogP contribution in [0.1, 0.15) is 6.92 Å². The molecule has 0 radical (unpaired) electrons. The van der Waals surface area contributed by atoms with Crippen molar-refractivity contribution in [3.63, 3.8) is 0 Å². The molecule has 0 bridgehead atoms. The second-order valence-electron chi connectivity index (χ2n) is 2.78. The molecule has 0 N–H and O–H groups in total. The van der Waals surface area contributed by atoms with Crippen LogP contribution < -0.4 is 0 Å². The van der Waals surface area contributed by atoms with E-state index >= 15 is 0 Å². The molecule has 0 rings (SSSR count). The predicted octanol–water partition coefficient (Wildman–Crippen LogP) is 4.46. The van der Waals surface area contributed by atoms with E-state index in [1.165, 1.54) is 0 Å². The predicted molar refractivity (Wildman–Crippen MR) is 71.8 cm³/mol. The third-order valence-corrected chi connectivity index (χ3v) is 1.63. The van der Waals surface area contributed by atoms with E-state index in [4.69, 9.17) is 4.74 Å². The summed E-state index contributed by atoms with van der Waals surface area (Å²) in [4.78, 5) is 0. The first-order valence-corrected chi connectivity index (χ1v) is 5.03. The average molecular weight is 214 g/mol. The van der Waals surface area contributed by atoms with Crippen molar-refractivity contribution in [3.8, 4) is 0 Å². The first-order valence-electron chi connectivity index (χ1n) is 5.03. The molecule has 0 spiro atoms. The minimum absolute atomic E-state index is 0.680. The Balaban J connectivity index is 4.63. The fraction of sp³-hybridized carbons (Fsp3) is 0.0667. The maximum atomic E-state index is 5.58. The highest BCUT2D eigenvalue weighted by atomic mass is 16.5. The summed E-state index contributed by atoms with van der Waals surface area (Å²) in [6.07, 6.45) is 16.0. The highest BCUT2D eigenvalue weighted by Gasteiger charge is 1.93. The topological polar surface area (TPSA) is 9.23 Å². The normalized spacial score (nSPS) is 13.1. The second kappa shape index (κ2) is 9.53. The minimum atomic E-state index is 0.680. The third kappa shape index (κ3) is 6.44. The highest BCUT2D eigenvalue weighted by Crippen LogP contribution is 2.09. The molecule has 0 amide bonds. The molecule has 16 heavy (non-hydrogen) atoms. The van der Waals surface area contributed by atoms with Gasteiger partial charge in [0.2, 0.25) is 0 Å². The molecule has 0 aliphatic rings. The standard InChI is InChI=1S/C15H18O/c1-5-9-11-13-15(8-4)16-14(7-3)12-10-6-2/h5-13H,1-2,4H2,3H3/b11-9-,12-10-,14-7+,15-13+. The molecule has 0 saturated heterocycles. The Morgan fingerprint density at radius 1 is 0.938 bits per heavy atom. The summed E-state index contributed by atoms with van der Waals surface area (Å²) in [5, 5.41) is 0. The van der Waals surface area contributed by atoms with Crippen LogP contribution in [0.15, 0.2) is 85.9 Å². The van der Waals surface area contributed by atoms with E-state index in [9.17, 15) is 0 Å². The number of ether oxygens (including phenoxy) is 1. The van der Waals surface area contributed by atoms with Gasteiger partial charge < -0.3 is 4.74 Å². The lowest BCUT2D eigenvalue weighted by molar-refractivity contribution is 0.336. The summed E-state index contributed by atoms with van der Waals surface area (Å²) >= 11 is 0. The van der Waals surface area contributed by atoms with Gasteiger partial charge in [0.1, 0.15) is 11.5 Å². The Morgan fingerprint density at radius 3 is 2.12 bits per heavy atom. The van der Waals surface area contributed by atoms with Crippen LogP contribution in [0.2, 0.25) is 0 Å². The van der Waals surface area contributed by atoms with Crippen LogP contribution in [0.5, 0.6) is 0 Å². The van der Waals surface area contributed by atoms with Crippen molar-refractivity contribution in [2.24, 2.45) is 0 Å². The molecule has 1 heteroatoms. The van der Waals surface area contributed by atoms with Gasteiger partial charge in [0.15, 0.2) is 0 Å². The van der Waals surface area contributed by atoms with E-state index in [2.05, 4.69) is 19.7 Å². The van der Waals surface area contributed by atoms with Crippen LogP contribution in [0.3, 0.4) is 0 Å². The SMILES string of the molecule is C=C/C=C\C=C(/C=C)OC(/C=C\C=C)=C/C. The summed E-state index contributed by atoms with van der Waals surface area (Å²) in [7, 11) is 0. The molecule has 0 aromatic carbocycles. The molecule has 0 aliphatic carbocycles. The molecule has 0 aromatic rings. The van der Waals surface area contributed by atoms with Crippen molar-refractivity contribution in [3.05, 3.63) is 85.9 Å². The van der Waals surface area contributed by atoms with Gasteiger partial charge in [-0.2, -0.15) is 0 Å². The Morgan fingerprint density at radius 2 is 1.62 bits per heavy atom. The molecule has 0 unspecified atom stereocenters. The van der Waals surface area contributed by atoms with Crippen molar-refractivity contribution in [2.75, 3.05) is 0 Å². The Hall–Kier alpha value is -2.02. The van der Waals surface area contributed by atoms with Crippen molar-refractivity contribution in [2.45, 2.75) is 6.92 Å². The summed E-state index contributed by atoms with van der Waals surface area (Å²) in [6, 6.07) is 0. The van der Waals surface area contributed by atoms with Gasteiger partial charge in [0, 0.05) is 0 Å². The maximum absolute atomic E-state index is 5.58. The highest BCUT2D eigenvalue weighted by molar-refractivity contribution is 5.24. The number of allylic oxidation sites excluding steroid dienone is 9. The Labute approximate surface area is 98.1 Å². The third-order valence-electron chi connectivity index (χ3n) is 1.63. The second-order valence-corrected chi connectivity index (χ2v) is 2.78. The number of rotatable bonds is 7. The van der Waals surface area contributed by atoms with Crippen LogP contribution >= 0.6 is 0 Å². The van der Waals surface area contributed by atoms with Crippen molar-refractivity contribution in [1.82, 2.24) is 0 Å². The molecule has 1 nitrogen and oxygen atoms in total. The smallest absolute Gasteiger partial charge is 0.126 e. The van der Waals surface area contributed by atoms with Crippen molar-refractivity contribution < 1.29 is 4.74 Å². The van der Waals surface area contributed by atoms with E-state index in [0.29, 0.717) is 5.76 Å². The minimum Gasteiger partial charge on any atom is -0.458 e. The molecule has 0 saturated carbocycles. The Kier molecular flexibility index (Phi) is 8.33. The fourth-order valence-corrected chi connectivity index (χ4v) is 0.861. The molecular weight excluding hydrogens is 196 g/mol. The molecular formula is C15H18O. The molecule has 0 atom stereocenters. The van der Waals surface area contributed by atoms with Gasteiger partial charge in [-0.05, 0) is 31.2 Å². The van der Waals surface area contributed by atoms with Crippen molar-refractivity contribution >= 4 is 0 Å². The van der Waals surface area contributed by atoms with E-state index < -0.39 is 0 Å². The lowest BCUT2D eigenvalue weighted by Gasteiger charge is -2.05. The first kappa shape index (κ1) is 14.0. The lowest BCUT2D eigenvalue weighted by atomic mass is 10.3. The van der Waals surface area contributed by atoms with Crippen LogP contribution in [-0.4, -0.2) is 0 Å². The van der Waals surface area contributed by atoms with Crippen LogP contribution in [-0.2, 0) is 4.74 Å². The summed E-state index contributed by atoms with van der Waals surface area (Å²) in [5.41, 5.74) is 0. The van der Waals surface area contributed by atoms with Gasteiger partial charge >= 0.3 is 0 Å².